The van der Waals surface area contributed by atoms with E-state index < -0.39 is 0 Å². The van der Waals surface area contributed by atoms with Crippen LogP contribution in [-0.2, 0) is 0 Å². The van der Waals surface area contributed by atoms with E-state index in [0.29, 0.717) is 11.1 Å². The molecule has 4 heteroatoms. The maximum Gasteiger partial charge on any atom is 0.261 e. The maximum absolute atomic E-state index is 12.1. The quantitative estimate of drug-likeness (QED) is 0.800. The van der Waals surface area contributed by atoms with Gasteiger partial charge in [-0.1, -0.05) is 30.4 Å². The van der Waals surface area contributed by atoms with Crippen LogP contribution in [0.25, 0.3) is 6.08 Å². The van der Waals surface area contributed by atoms with E-state index in [1.54, 1.807) is 42.7 Å². The van der Waals surface area contributed by atoms with Gasteiger partial charge in [0.15, 0.2) is 0 Å². The second-order valence-corrected chi connectivity index (χ2v) is 4.46. The first-order valence-electron chi connectivity index (χ1n) is 6.29. The van der Waals surface area contributed by atoms with Crippen molar-refractivity contribution in [2.75, 3.05) is 6.54 Å². The van der Waals surface area contributed by atoms with Gasteiger partial charge in [0.25, 0.3) is 11.8 Å². The number of hydrogen-bond acceptors (Lipinski definition) is 3. The molecule has 2 amide bonds. The number of carbonyl (C=O) groups is 2. The highest BCUT2D eigenvalue weighted by Crippen LogP contribution is 2.22. The lowest BCUT2D eigenvalue weighted by molar-refractivity contribution is 0.0672. The van der Waals surface area contributed by atoms with Crippen molar-refractivity contribution >= 4 is 17.9 Å². The van der Waals surface area contributed by atoms with Gasteiger partial charge in [-0.05, 0) is 23.8 Å². The zero-order chi connectivity index (χ0) is 13.9. The van der Waals surface area contributed by atoms with Crippen LogP contribution < -0.4 is 0 Å². The molecule has 98 valence electrons. The highest BCUT2D eigenvalue weighted by atomic mass is 16.2. The van der Waals surface area contributed by atoms with E-state index >= 15 is 0 Å². The summed E-state index contributed by atoms with van der Waals surface area (Å²) >= 11 is 0. The molecule has 0 saturated carbocycles. The van der Waals surface area contributed by atoms with Gasteiger partial charge in [-0.2, -0.15) is 0 Å². The first-order chi connectivity index (χ1) is 9.77. The summed E-state index contributed by atoms with van der Waals surface area (Å²) in [7, 11) is 0. The molecule has 0 unspecified atom stereocenters. The zero-order valence-corrected chi connectivity index (χ0v) is 10.7. The predicted molar refractivity (Wildman–Crippen MR) is 75.1 cm³/mol. The number of benzene rings is 1. The number of imide groups is 1. The average Bonchev–Trinajstić information content (AvgIpc) is 2.74. The Bertz CT molecular complexity index is 658. The normalized spacial score (nSPS) is 14.1. The molecule has 2 heterocycles. The number of rotatable bonds is 3. The van der Waals surface area contributed by atoms with Crippen molar-refractivity contribution in [3.05, 3.63) is 71.6 Å². The van der Waals surface area contributed by atoms with Crippen molar-refractivity contribution in [1.29, 1.82) is 0 Å². The third kappa shape index (κ3) is 2.12. The van der Waals surface area contributed by atoms with Crippen molar-refractivity contribution in [3.8, 4) is 0 Å². The van der Waals surface area contributed by atoms with Crippen molar-refractivity contribution in [2.24, 2.45) is 0 Å². The highest BCUT2D eigenvalue weighted by Gasteiger charge is 2.33. The van der Waals surface area contributed by atoms with E-state index in [-0.39, 0.29) is 18.4 Å². The van der Waals surface area contributed by atoms with Gasteiger partial charge in [0.2, 0.25) is 0 Å². The number of pyridine rings is 1. The molecule has 2 aromatic rings. The van der Waals surface area contributed by atoms with E-state index in [2.05, 4.69) is 4.98 Å². The molecule has 4 nitrogen and oxygen atoms in total. The molecule has 0 atom stereocenters. The van der Waals surface area contributed by atoms with E-state index in [1.165, 1.54) is 4.90 Å². The van der Waals surface area contributed by atoms with Gasteiger partial charge in [-0.3, -0.25) is 19.5 Å². The first-order valence-corrected chi connectivity index (χ1v) is 6.29. The van der Waals surface area contributed by atoms with Crippen molar-refractivity contribution in [3.63, 3.8) is 0 Å². The Labute approximate surface area is 116 Å². The van der Waals surface area contributed by atoms with Gasteiger partial charge in [-0.25, -0.2) is 0 Å². The van der Waals surface area contributed by atoms with Crippen LogP contribution in [0.5, 0.6) is 0 Å². The average molecular weight is 264 g/mol. The van der Waals surface area contributed by atoms with Gasteiger partial charge in [0.05, 0.1) is 11.1 Å². The second kappa shape index (κ2) is 5.09. The number of aromatic nitrogens is 1. The fourth-order valence-electron chi connectivity index (χ4n) is 2.17. The molecule has 1 aromatic heterocycles. The molecule has 0 aliphatic carbocycles. The minimum atomic E-state index is -0.235. The molecular weight excluding hydrogens is 252 g/mol. The third-order valence-electron chi connectivity index (χ3n) is 3.16. The van der Waals surface area contributed by atoms with Gasteiger partial charge in [-0.15, -0.1) is 0 Å². The van der Waals surface area contributed by atoms with Crippen LogP contribution in [0.15, 0.2) is 54.9 Å². The Hall–Kier alpha value is -2.75. The number of nitrogens with zero attached hydrogens (tertiary/aromatic N) is 2. The monoisotopic (exact) mass is 264 g/mol. The van der Waals surface area contributed by atoms with Gasteiger partial charge >= 0.3 is 0 Å². The molecule has 0 spiro atoms. The zero-order valence-electron chi connectivity index (χ0n) is 10.7. The minimum absolute atomic E-state index is 0.235. The van der Waals surface area contributed by atoms with Gasteiger partial charge < -0.3 is 0 Å². The van der Waals surface area contributed by atoms with Crippen molar-refractivity contribution < 1.29 is 9.59 Å². The first kappa shape index (κ1) is 12.3. The number of fused-ring (bicyclic) bond motifs is 1. The van der Waals surface area contributed by atoms with Gasteiger partial charge in [0, 0.05) is 18.9 Å². The molecule has 0 fully saturated rings. The molecular formula is C16H12N2O2. The van der Waals surface area contributed by atoms with Gasteiger partial charge in [0.1, 0.15) is 0 Å². The summed E-state index contributed by atoms with van der Waals surface area (Å²) in [6, 6.07) is 10.6. The topological polar surface area (TPSA) is 50.3 Å². The smallest absolute Gasteiger partial charge is 0.261 e. The molecule has 3 rings (SSSR count). The molecule has 20 heavy (non-hydrogen) atoms. The predicted octanol–water partition coefficient (Wildman–Crippen LogP) is 2.39. The van der Waals surface area contributed by atoms with E-state index in [1.807, 2.05) is 18.2 Å². The Morgan fingerprint density at radius 2 is 1.70 bits per heavy atom. The number of carbonyl (C=O) groups excluding carboxylic acids is 2. The van der Waals surface area contributed by atoms with E-state index in [9.17, 15) is 9.59 Å². The summed E-state index contributed by atoms with van der Waals surface area (Å²) in [6.45, 7) is 0.265. The Morgan fingerprint density at radius 3 is 2.30 bits per heavy atom. The number of amides is 2. The fraction of sp³-hybridized carbons (Fsp3) is 0.0625. The molecule has 0 saturated heterocycles. The lowest BCUT2D eigenvalue weighted by atomic mass is 10.1. The third-order valence-corrected chi connectivity index (χ3v) is 3.16. The van der Waals surface area contributed by atoms with Crippen LogP contribution in [0, 0.1) is 0 Å². The van der Waals surface area contributed by atoms with E-state index in [4.69, 9.17) is 0 Å². The van der Waals surface area contributed by atoms with Crippen LogP contribution in [0.1, 0.15) is 26.3 Å². The summed E-state index contributed by atoms with van der Waals surface area (Å²) in [6.07, 6.45) is 7.05. The molecule has 1 aliphatic heterocycles. The SMILES string of the molecule is O=C1c2ccccc2C(=O)N1C/C=C/c1cccnc1. The van der Waals surface area contributed by atoms with Crippen LogP contribution in [-0.4, -0.2) is 28.2 Å². The second-order valence-electron chi connectivity index (χ2n) is 4.46. The largest absolute Gasteiger partial charge is 0.270 e. The number of hydrogen-bond donors (Lipinski definition) is 0. The molecule has 0 radical (unpaired) electrons. The standard InChI is InChI=1S/C16H12N2O2/c19-15-13-7-1-2-8-14(13)16(20)18(15)10-4-6-12-5-3-9-17-11-12/h1-9,11H,10H2/b6-4+. The van der Waals surface area contributed by atoms with Crippen molar-refractivity contribution in [2.45, 2.75) is 0 Å². The minimum Gasteiger partial charge on any atom is -0.270 e. The Morgan fingerprint density at radius 1 is 1.00 bits per heavy atom. The molecule has 1 aromatic carbocycles. The summed E-state index contributed by atoms with van der Waals surface area (Å²) < 4.78 is 0. The van der Waals surface area contributed by atoms with Crippen LogP contribution in [0.4, 0.5) is 0 Å². The lowest BCUT2D eigenvalue weighted by Gasteiger charge is -2.10. The highest BCUT2D eigenvalue weighted by molar-refractivity contribution is 6.21. The van der Waals surface area contributed by atoms with Crippen molar-refractivity contribution in [1.82, 2.24) is 9.88 Å². The molecule has 1 aliphatic rings. The molecule has 0 N–H and O–H groups in total. The maximum atomic E-state index is 12.1. The summed E-state index contributed by atoms with van der Waals surface area (Å²) in [5.41, 5.74) is 1.89. The Kier molecular flexibility index (Phi) is 3.13. The van der Waals surface area contributed by atoms with E-state index in [0.717, 1.165) is 5.56 Å². The lowest BCUT2D eigenvalue weighted by Crippen LogP contribution is -2.29. The van der Waals surface area contributed by atoms with Crippen LogP contribution in [0.2, 0.25) is 0 Å². The van der Waals surface area contributed by atoms with Crippen LogP contribution >= 0.6 is 0 Å². The fourth-order valence-corrected chi connectivity index (χ4v) is 2.17. The molecule has 0 bridgehead atoms. The summed E-state index contributed by atoms with van der Waals surface area (Å²) in [5.74, 6) is -0.470. The summed E-state index contributed by atoms with van der Waals surface area (Å²) in [4.78, 5) is 29.5. The van der Waals surface area contributed by atoms with Crippen LogP contribution in [0.3, 0.4) is 0 Å². The summed E-state index contributed by atoms with van der Waals surface area (Å²) in [5, 5.41) is 0. The Balaban J connectivity index is 1.76.